The minimum absolute atomic E-state index is 0.152. The number of thioether (sulfide) groups is 1. The van der Waals surface area contributed by atoms with Gasteiger partial charge in [0.15, 0.2) is 0 Å². The van der Waals surface area contributed by atoms with Crippen LogP contribution in [0.2, 0.25) is 0 Å². The Morgan fingerprint density at radius 2 is 1.79 bits per heavy atom. The van der Waals surface area contributed by atoms with Crippen molar-refractivity contribution in [3.8, 4) is 0 Å². The normalized spacial score (nSPS) is 10.5. The quantitative estimate of drug-likeness (QED) is 0.448. The first kappa shape index (κ1) is 23.0. The van der Waals surface area contributed by atoms with Crippen LogP contribution in [0.3, 0.4) is 0 Å². The van der Waals surface area contributed by atoms with Gasteiger partial charge in [-0.25, -0.2) is 4.79 Å². The topological polar surface area (TPSA) is 84.5 Å². The number of nitrogens with one attached hydrogen (secondary N) is 2. The monoisotopic (exact) mass is 434 g/mol. The van der Waals surface area contributed by atoms with Crippen molar-refractivity contribution in [1.82, 2.24) is 5.32 Å². The number of benzene rings is 1. The third-order valence-corrected chi connectivity index (χ3v) is 6.42. The summed E-state index contributed by atoms with van der Waals surface area (Å²) in [7, 11) is 0. The van der Waals surface area contributed by atoms with Crippen molar-refractivity contribution >= 4 is 46.0 Å². The number of alkyl carbamates (subject to hydrolysis) is 1. The van der Waals surface area contributed by atoms with E-state index >= 15 is 0 Å². The van der Waals surface area contributed by atoms with Crippen LogP contribution in [0.25, 0.3) is 0 Å². The van der Waals surface area contributed by atoms with Gasteiger partial charge in [-0.05, 0) is 57.6 Å². The Balaban J connectivity index is 1.90. The maximum absolute atomic E-state index is 12.4. The van der Waals surface area contributed by atoms with E-state index < -0.39 is 12.0 Å². The number of aryl methyl sites for hydroxylation is 2. The Labute approximate surface area is 179 Å². The van der Waals surface area contributed by atoms with Gasteiger partial charge in [0.2, 0.25) is 5.91 Å². The third kappa shape index (κ3) is 6.90. The zero-order valence-electron chi connectivity index (χ0n) is 17.1. The molecule has 6 nitrogen and oxygen atoms in total. The fourth-order valence-corrected chi connectivity index (χ4v) is 4.48. The molecule has 0 atom stereocenters. The second-order valence-electron chi connectivity index (χ2n) is 6.48. The number of carbonyl (C=O) groups is 3. The van der Waals surface area contributed by atoms with Crippen molar-refractivity contribution in [2.24, 2.45) is 0 Å². The van der Waals surface area contributed by atoms with Crippen LogP contribution in [0.5, 0.6) is 0 Å². The van der Waals surface area contributed by atoms with Gasteiger partial charge >= 0.3 is 6.09 Å². The van der Waals surface area contributed by atoms with Gasteiger partial charge in [-0.3, -0.25) is 14.9 Å². The van der Waals surface area contributed by atoms with Gasteiger partial charge in [0.25, 0.3) is 5.91 Å². The summed E-state index contributed by atoms with van der Waals surface area (Å²) < 4.78 is 4.75. The molecular formula is C21H26N2O4S2. The number of hydrogen-bond donors (Lipinski definition) is 2. The average Bonchev–Trinajstić information content (AvgIpc) is 2.94. The molecule has 0 unspecified atom stereocenters. The minimum atomic E-state index is -0.800. The maximum Gasteiger partial charge on any atom is 0.414 e. The number of carbonyl (C=O) groups excluding carboxylic acids is 3. The zero-order valence-corrected chi connectivity index (χ0v) is 18.7. The van der Waals surface area contributed by atoms with Gasteiger partial charge in [-0.2, -0.15) is 0 Å². The smallest absolute Gasteiger partial charge is 0.414 e. The van der Waals surface area contributed by atoms with Crippen molar-refractivity contribution in [2.45, 2.75) is 45.4 Å². The van der Waals surface area contributed by atoms with Gasteiger partial charge in [-0.15, -0.1) is 23.1 Å². The lowest BCUT2D eigenvalue weighted by Gasteiger charge is -2.08. The van der Waals surface area contributed by atoms with Crippen molar-refractivity contribution < 1.29 is 19.1 Å². The molecule has 0 saturated heterocycles. The van der Waals surface area contributed by atoms with Gasteiger partial charge in [0.05, 0.1) is 12.2 Å². The molecule has 156 valence electrons. The van der Waals surface area contributed by atoms with Crippen molar-refractivity contribution in [3.05, 3.63) is 45.8 Å². The van der Waals surface area contributed by atoms with Crippen LogP contribution in [0.1, 0.15) is 46.1 Å². The van der Waals surface area contributed by atoms with E-state index in [1.165, 1.54) is 21.8 Å². The molecule has 0 aliphatic carbocycles. The Morgan fingerprint density at radius 1 is 1.10 bits per heavy atom. The highest BCUT2D eigenvalue weighted by molar-refractivity contribution is 7.99. The van der Waals surface area contributed by atoms with Gasteiger partial charge in [0.1, 0.15) is 5.00 Å². The highest BCUT2D eigenvalue weighted by Gasteiger charge is 2.22. The molecule has 1 aromatic heterocycles. The molecule has 1 aromatic carbocycles. The summed E-state index contributed by atoms with van der Waals surface area (Å²) in [5, 5.41) is 5.47. The lowest BCUT2D eigenvalue weighted by atomic mass is 10.1. The van der Waals surface area contributed by atoms with E-state index in [-0.39, 0.29) is 12.5 Å². The predicted molar refractivity (Wildman–Crippen MR) is 118 cm³/mol. The molecule has 0 aliphatic rings. The fourth-order valence-electron chi connectivity index (χ4n) is 2.56. The minimum Gasteiger partial charge on any atom is -0.450 e. The summed E-state index contributed by atoms with van der Waals surface area (Å²) in [6.45, 7) is 7.54. The Morgan fingerprint density at radius 3 is 2.45 bits per heavy atom. The summed E-state index contributed by atoms with van der Waals surface area (Å²) in [4.78, 5) is 38.4. The van der Waals surface area contributed by atoms with Crippen LogP contribution in [0.4, 0.5) is 9.80 Å². The van der Waals surface area contributed by atoms with Gasteiger partial charge in [-0.1, -0.05) is 17.7 Å². The second-order valence-corrected chi connectivity index (χ2v) is 8.87. The van der Waals surface area contributed by atoms with Gasteiger partial charge in [0, 0.05) is 16.2 Å². The van der Waals surface area contributed by atoms with E-state index in [9.17, 15) is 14.4 Å². The third-order valence-electron chi connectivity index (χ3n) is 4.19. The van der Waals surface area contributed by atoms with Crippen molar-refractivity contribution in [3.63, 3.8) is 0 Å². The highest BCUT2D eigenvalue weighted by Crippen LogP contribution is 2.32. The van der Waals surface area contributed by atoms with E-state index in [0.29, 0.717) is 17.0 Å². The molecule has 0 spiro atoms. The summed E-state index contributed by atoms with van der Waals surface area (Å²) in [5.74, 6) is 0.103. The first-order chi connectivity index (χ1) is 13.8. The number of thiophene rings is 1. The van der Waals surface area contributed by atoms with E-state index in [0.717, 1.165) is 22.6 Å². The number of amides is 3. The molecule has 3 amide bonds. The van der Waals surface area contributed by atoms with Crippen LogP contribution >= 0.6 is 23.1 Å². The lowest BCUT2D eigenvalue weighted by Crippen LogP contribution is -2.31. The van der Waals surface area contributed by atoms with Gasteiger partial charge < -0.3 is 10.1 Å². The maximum atomic E-state index is 12.4. The average molecular weight is 435 g/mol. The van der Waals surface area contributed by atoms with Crippen LogP contribution in [-0.4, -0.2) is 30.3 Å². The molecule has 0 aliphatic heterocycles. The molecule has 29 heavy (non-hydrogen) atoms. The first-order valence-electron chi connectivity index (χ1n) is 9.39. The molecule has 2 rings (SSSR count). The van der Waals surface area contributed by atoms with Crippen molar-refractivity contribution in [2.75, 3.05) is 17.7 Å². The van der Waals surface area contributed by atoms with E-state index in [1.54, 1.807) is 25.6 Å². The summed E-state index contributed by atoms with van der Waals surface area (Å²) >= 11 is 3.04. The molecule has 0 saturated carbocycles. The summed E-state index contributed by atoms with van der Waals surface area (Å²) in [5.41, 5.74) is 2.27. The zero-order chi connectivity index (χ0) is 21.4. The van der Waals surface area contributed by atoms with E-state index in [1.807, 2.05) is 13.8 Å². The number of anilines is 1. The Hall–Kier alpha value is -2.32. The molecule has 8 heteroatoms. The molecule has 2 N–H and O–H groups in total. The van der Waals surface area contributed by atoms with Crippen LogP contribution in [0, 0.1) is 20.8 Å². The van der Waals surface area contributed by atoms with E-state index in [4.69, 9.17) is 4.74 Å². The molecule has 0 bridgehead atoms. The fraction of sp³-hybridized carbons (Fsp3) is 0.381. The van der Waals surface area contributed by atoms with Crippen LogP contribution < -0.4 is 10.6 Å². The number of imide groups is 1. The van der Waals surface area contributed by atoms with Crippen LogP contribution in [0.15, 0.2) is 29.2 Å². The SMILES string of the molecule is CCOC(=O)NC(=O)c1c(NC(=O)CCCSc2ccc(C)cc2)sc(C)c1C. The lowest BCUT2D eigenvalue weighted by molar-refractivity contribution is -0.116. The van der Waals surface area contributed by atoms with Crippen molar-refractivity contribution in [1.29, 1.82) is 0 Å². The molecule has 0 radical (unpaired) electrons. The molecular weight excluding hydrogens is 408 g/mol. The standard InChI is InChI=1S/C21H26N2O4S2/c1-5-27-21(26)23-19(25)18-14(3)15(4)29-20(18)22-17(24)7-6-12-28-16-10-8-13(2)9-11-16/h8-11H,5-7,12H2,1-4H3,(H,22,24)(H,23,25,26). The number of ether oxygens (including phenoxy) is 1. The number of rotatable bonds is 8. The predicted octanol–water partition coefficient (Wildman–Crippen LogP) is 5.07. The van der Waals surface area contributed by atoms with E-state index in [2.05, 4.69) is 34.9 Å². The summed E-state index contributed by atoms with van der Waals surface area (Å²) in [6.07, 6.45) is 0.275. The largest absolute Gasteiger partial charge is 0.450 e. The molecule has 1 heterocycles. The Bertz CT molecular complexity index is 876. The second kappa shape index (κ2) is 11.0. The highest BCUT2D eigenvalue weighted by atomic mass is 32.2. The molecule has 0 fully saturated rings. The Kier molecular flexibility index (Phi) is 8.72. The number of hydrogen-bond acceptors (Lipinski definition) is 6. The van der Waals surface area contributed by atoms with Crippen LogP contribution in [-0.2, 0) is 9.53 Å². The first-order valence-corrected chi connectivity index (χ1v) is 11.2. The summed E-state index contributed by atoms with van der Waals surface area (Å²) in [6, 6.07) is 8.29. The molecule has 2 aromatic rings.